The molecule has 1 rings (SSSR count). The minimum atomic E-state index is -0.105. The molecule has 0 radical (unpaired) electrons. The van der Waals surface area contributed by atoms with Crippen molar-refractivity contribution < 1.29 is 4.74 Å². The Morgan fingerprint density at radius 1 is 1.64 bits per heavy atom. The van der Waals surface area contributed by atoms with Gasteiger partial charge in [-0.05, 0) is 20.3 Å². The molecule has 0 aliphatic rings. The van der Waals surface area contributed by atoms with Crippen LogP contribution in [0.2, 0.25) is 0 Å². The fourth-order valence-corrected chi connectivity index (χ4v) is 0.670. The molecule has 0 bridgehead atoms. The minimum Gasteiger partial charge on any atom is -0.472 e. The first-order valence-corrected chi connectivity index (χ1v) is 3.82. The molecule has 11 heavy (non-hydrogen) atoms. The van der Waals surface area contributed by atoms with E-state index in [0.717, 1.165) is 12.3 Å². The van der Waals surface area contributed by atoms with Gasteiger partial charge in [0.15, 0.2) is 0 Å². The molecule has 0 saturated carbocycles. The van der Waals surface area contributed by atoms with Gasteiger partial charge < -0.3 is 4.74 Å². The van der Waals surface area contributed by atoms with Crippen LogP contribution in [-0.4, -0.2) is 15.8 Å². The minimum absolute atomic E-state index is 0.105. The maximum Gasteiger partial charge on any atom is 0.209 e. The van der Waals surface area contributed by atoms with Gasteiger partial charge >= 0.3 is 0 Å². The predicted octanol–water partition coefficient (Wildman–Crippen LogP) is 1.98. The summed E-state index contributed by atoms with van der Waals surface area (Å²) >= 11 is 0. The number of nitrogens with one attached hydrogen (secondary N) is 1. The molecular weight excluding hydrogens is 140 g/mol. The van der Waals surface area contributed by atoms with Crippen LogP contribution in [0, 0.1) is 0 Å². The summed E-state index contributed by atoms with van der Waals surface area (Å²) in [5.74, 6) is 0.733. The van der Waals surface area contributed by atoms with Crippen molar-refractivity contribution in [2.45, 2.75) is 32.8 Å². The number of ether oxygens (including phenoxy) is 1. The van der Waals surface area contributed by atoms with Gasteiger partial charge in [0, 0.05) is 6.07 Å². The van der Waals surface area contributed by atoms with Crippen LogP contribution in [0.1, 0.15) is 27.2 Å². The van der Waals surface area contributed by atoms with Gasteiger partial charge in [0.05, 0.1) is 6.20 Å². The highest BCUT2D eigenvalue weighted by Gasteiger charge is 2.16. The van der Waals surface area contributed by atoms with Gasteiger partial charge in [0.25, 0.3) is 0 Å². The normalized spacial score (nSPS) is 11.5. The van der Waals surface area contributed by atoms with Gasteiger partial charge in [-0.25, -0.2) is 5.10 Å². The van der Waals surface area contributed by atoms with Crippen molar-refractivity contribution in [1.29, 1.82) is 0 Å². The third kappa shape index (κ3) is 2.26. The molecule has 3 heteroatoms. The molecule has 0 saturated heterocycles. The number of aromatic nitrogens is 2. The second-order valence-corrected chi connectivity index (χ2v) is 3.14. The topological polar surface area (TPSA) is 37.9 Å². The Kier molecular flexibility index (Phi) is 2.17. The number of hydrogen-bond donors (Lipinski definition) is 1. The van der Waals surface area contributed by atoms with Crippen molar-refractivity contribution in [3.8, 4) is 5.88 Å². The van der Waals surface area contributed by atoms with Crippen LogP contribution in [0.3, 0.4) is 0 Å². The van der Waals surface area contributed by atoms with Gasteiger partial charge in [-0.1, -0.05) is 6.92 Å². The van der Waals surface area contributed by atoms with E-state index in [1.807, 2.05) is 19.9 Å². The van der Waals surface area contributed by atoms with Gasteiger partial charge in [-0.15, -0.1) is 0 Å². The van der Waals surface area contributed by atoms with E-state index in [2.05, 4.69) is 17.1 Å². The fraction of sp³-hybridized carbons (Fsp3) is 0.625. The number of H-pyrrole nitrogens is 1. The summed E-state index contributed by atoms with van der Waals surface area (Å²) in [6.07, 6.45) is 2.66. The molecule has 62 valence electrons. The first-order valence-electron chi connectivity index (χ1n) is 3.82. The van der Waals surface area contributed by atoms with Crippen LogP contribution in [0.25, 0.3) is 0 Å². The molecule has 1 aromatic rings. The van der Waals surface area contributed by atoms with Crippen LogP contribution in [0.4, 0.5) is 0 Å². The van der Waals surface area contributed by atoms with E-state index in [-0.39, 0.29) is 5.60 Å². The summed E-state index contributed by atoms with van der Waals surface area (Å²) < 4.78 is 5.57. The molecule has 0 amide bonds. The predicted molar refractivity (Wildman–Crippen MR) is 43.6 cm³/mol. The summed E-state index contributed by atoms with van der Waals surface area (Å²) in [5, 5.41) is 6.55. The number of nitrogens with zero attached hydrogens (tertiary/aromatic N) is 1. The Labute approximate surface area is 66.8 Å². The highest BCUT2D eigenvalue weighted by Crippen LogP contribution is 2.17. The van der Waals surface area contributed by atoms with Gasteiger partial charge in [0.1, 0.15) is 5.60 Å². The summed E-state index contributed by atoms with van der Waals surface area (Å²) in [6, 6.07) is 1.82. The lowest BCUT2D eigenvalue weighted by molar-refractivity contribution is 0.0989. The second-order valence-electron chi connectivity index (χ2n) is 3.14. The maximum absolute atomic E-state index is 5.57. The summed E-state index contributed by atoms with van der Waals surface area (Å²) in [7, 11) is 0. The molecule has 1 heterocycles. The highest BCUT2D eigenvalue weighted by molar-refractivity contribution is 5.05. The third-order valence-corrected chi connectivity index (χ3v) is 1.71. The van der Waals surface area contributed by atoms with E-state index < -0.39 is 0 Å². The zero-order valence-electron chi connectivity index (χ0n) is 7.22. The molecule has 0 unspecified atom stereocenters. The number of aromatic amines is 1. The molecule has 0 aliphatic carbocycles. The van der Waals surface area contributed by atoms with Crippen molar-refractivity contribution in [2.24, 2.45) is 0 Å². The monoisotopic (exact) mass is 154 g/mol. The molecule has 0 fully saturated rings. The Balaban J connectivity index is 2.56. The lowest BCUT2D eigenvalue weighted by Gasteiger charge is -2.23. The van der Waals surface area contributed by atoms with Crippen molar-refractivity contribution in [3.63, 3.8) is 0 Å². The van der Waals surface area contributed by atoms with Gasteiger partial charge in [-0.3, -0.25) is 0 Å². The molecule has 3 nitrogen and oxygen atoms in total. The van der Waals surface area contributed by atoms with Crippen molar-refractivity contribution in [2.75, 3.05) is 0 Å². The Bertz CT molecular complexity index is 204. The number of rotatable bonds is 3. The van der Waals surface area contributed by atoms with Crippen LogP contribution in [-0.2, 0) is 0 Å². The van der Waals surface area contributed by atoms with E-state index in [4.69, 9.17) is 4.74 Å². The van der Waals surface area contributed by atoms with Crippen LogP contribution < -0.4 is 4.74 Å². The summed E-state index contributed by atoms with van der Waals surface area (Å²) in [4.78, 5) is 0. The van der Waals surface area contributed by atoms with Gasteiger partial charge in [-0.2, -0.15) is 5.10 Å². The molecular formula is C8H14N2O. The summed E-state index contributed by atoms with van der Waals surface area (Å²) in [5.41, 5.74) is -0.105. The molecule has 0 spiro atoms. The molecule has 0 atom stereocenters. The Morgan fingerprint density at radius 2 is 2.36 bits per heavy atom. The van der Waals surface area contributed by atoms with E-state index in [9.17, 15) is 0 Å². The molecule has 0 aromatic carbocycles. The molecule has 0 aliphatic heterocycles. The van der Waals surface area contributed by atoms with E-state index >= 15 is 0 Å². The Morgan fingerprint density at radius 3 is 2.82 bits per heavy atom. The lowest BCUT2D eigenvalue weighted by Crippen LogP contribution is -2.26. The largest absolute Gasteiger partial charge is 0.472 e. The van der Waals surface area contributed by atoms with Gasteiger partial charge in [0.2, 0.25) is 5.88 Å². The van der Waals surface area contributed by atoms with Crippen LogP contribution in [0.5, 0.6) is 5.88 Å². The SMILES string of the molecule is CCC(C)(C)Oc1ccn[nH]1. The van der Waals surface area contributed by atoms with E-state index in [1.165, 1.54) is 0 Å². The standard InChI is InChI=1S/C8H14N2O/c1-4-8(2,3)11-7-5-6-9-10-7/h5-6H,4H2,1-3H3,(H,9,10). The second kappa shape index (κ2) is 2.95. The van der Waals surface area contributed by atoms with Crippen molar-refractivity contribution in [3.05, 3.63) is 12.3 Å². The average Bonchev–Trinajstić information content (AvgIpc) is 2.39. The first-order chi connectivity index (χ1) is 5.14. The first kappa shape index (κ1) is 8.11. The van der Waals surface area contributed by atoms with E-state index in [1.54, 1.807) is 6.20 Å². The lowest BCUT2D eigenvalue weighted by atomic mass is 10.1. The van der Waals surface area contributed by atoms with Crippen molar-refractivity contribution in [1.82, 2.24) is 10.2 Å². The van der Waals surface area contributed by atoms with Crippen LogP contribution in [0.15, 0.2) is 12.3 Å². The zero-order valence-corrected chi connectivity index (χ0v) is 7.22. The molecule has 1 N–H and O–H groups in total. The average molecular weight is 154 g/mol. The van der Waals surface area contributed by atoms with Crippen molar-refractivity contribution >= 4 is 0 Å². The zero-order chi connectivity index (χ0) is 8.32. The Hall–Kier alpha value is -0.990. The number of hydrogen-bond acceptors (Lipinski definition) is 2. The highest BCUT2D eigenvalue weighted by atomic mass is 16.5. The maximum atomic E-state index is 5.57. The smallest absolute Gasteiger partial charge is 0.209 e. The van der Waals surface area contributed by atoms with Crippen LogP contribution >= 0.6 is 0 Å². The summed E-state index contributed by atoms with van der Waals surface area (Å²) in [6.45, 7) is 6.19. The van der Waals surface area contributed by atoms with E-state index in [0.29, 0.717) is 0 Å². The fourth-order valence-electron chi connectivity index (χ4n) is 0.670. The molecule has 1 aromatic heterocycles. The third-order valence-electron chi connectivity index (χ3n) is 1.71. The quantitative estimate of drug-likeness (QED) is 0.722.